The Hall–Kier alpha value is -1.71. The van der Waals surface area contributed by atoms with Gasteiger partial charge in [0.1, 0.15) is 0 Å². The van der Waals surface area contributed by atoms with E-state index in [1.54, 1.807) is 0 Å². The highest BCUT2D eigenvalue weighted by molar-refractivity contribution is 5.66. The summed E-state index contributed by atoms with van der Waals surface area (Å²) in [4.78, 5) is 12.4. The number of rotatable bonds is 8. The van der Waals surface area contributed by atoms with Crippen molar-refractivity contribution >= 4 is 17.3 Å². The second-order valence-electron chi connectivity index (χ2n) is 4.57. The first-order valence-electron chi connectivity index (χ1n) is 6.32. The first-order chi connectivity index (χ1) is 8.59. The molecule has 0 aliphatic rings. The number of nitrogens with zero attached hydrogens (tertiary/aromatic N) is 1. The maximum atomic E-state index is 10.3. The molecule has 0 bridgehead atoms. The van der Waals surface area contributed by atoms with Gasteiger partial charge < -0.3 is 15.3 Å². The van der Waals surface area contributed by atoms with Crippen molar-refractivity contribution in [3.63, 3.8) is 0 Å². The highest BCUT2D eigenvalue weighted by atomic mass is 16.4. The number of carbonyl (C=O) groups is 1. The van der Waals surface area contributed by atoms with Crippen molar-refractivity contribution in [2.24, 2.45) is 0 Å². The van der Waals surface area contributed by atoms with Crippen LogP contribution in [0.1, 0.15) is 25.7 Å². The van der Waals surface area contributed by atoms with E-state index in [0.29, 0.717) is 0 Å². The lowest BCUT2D eigenvalue weighted by Gasteiger charge is -2.13. The predicted molar refractivity (Wildman–Crippen MR) is 75.4 cm³/mol. The zero-order valence-electron chi connectivity index (χ0n) is 11.1. The Morgan fingerprint density at radius 3 is 2.39 bits per heavy atom. The number of aliphatic carboxylic acids is 1. The van der Waals surface area contributed by atoms with Gasteiger partial charge >= 0.3 is 5.97 Å². The van der Waals surface area contributed by atoms with Gasteiger partial charge in [0.25, 0.3) is 0 Å². The largest absolute Gasteiger partial charge is 0.481 e. The maximum absolute atomic E-state index is 10.3. The summed E-state index contributed by atoms with van der Waals surface area (Å²) >= 11 is 0. The molecule has 1 aromatic rings. The fourth-order valence-electron chi connectivity index (χ4n) is 1.69. The monoisotopic (exact) mass is 250 g/mol. The van der Waals surface area contributed by atoms with Crippen LogP contribution in [0, 0.1) is 0 Å². The van der Waals surface area contributed by atoms with E-state index in [0.717, 1.165) is 31.5 Å². The zero-order valence-corrected chi connectivity index (χ0v) is 11.1. The number of benzene rings is 1. The molecule has 0 saturated heterocycles. The minimum Gasteiger partial charge on any atom is -0.481 e. The number of hydrogen-bond acceptors (Lipinski definition) is 3. The van der Waals surface area contributed by atoms with Gasteiger partial charge in [0.15, 0.2) is 0 Å². The standard InChI is InChI=1S/C14H22N2O2/c1-16(2)13-9-7-12(8-10-13)15-11-5-3-4-6-14(17)18/h7-10,15H,3-6,11H2,1-2H3,(H,17,18). The topological polar surface area (TPSA) is 52.6 Å². The number of carboxylic acids is 1. The molecule has 1 rings (SSSR count). The Labute approximate surface area is 109 Å². The fraction of sp³-hybridized carbons (Fsp3) is 0.500. The summed E-state index contributed by atoms with van der Waals surface area (Å²) in [7, 11) is 4.04. The van der Waals surface area contributed by atoms with E-state index in [2.05, 4.69) is 34.5 Å². The SMILES string of the molecule is CN(C)c1ccc(NCCCCCC(=O)O)cc1. The lowest BCUT2D eigenvalue weighted by atomic mass is 10.2. The molecular weight excluding hydrogens is 228 g/mol. The molecule has 0 fully saturated rings. The van der Waals surface area contributed by atoms with Crippen LogP contribution in [0.3, 0.4) is 0 Å². The first kappa shape index (κ1) is 14.4. The number of carboxylic acid groups (broad SMARTS) is 1. The van der Waals surface area contributed by atoms with E-state index >= 15 is 0 Å². The molecule has 0 saturated carbocycles. The third-order valence-corrected chi connectivity index (χ3v) is 2.78. The van der Waals surface area contributed by atoms with Crippen molar-refractivity contribution in [3.05, 3.63) is 24.3 Å². The highest BCUT2D eigenvalue weighted by Crippen LogP contribution is 2.15. The molecule has 0 radical (unpaired) electrons. The van der Waals surface area contributed by atoms with E-state index < -0.39 is 5.97 Å². The molecule has 0 unspecified atom stereocenters. The van der Waals surface area contributed by atoms with Gasteiger partial charge in [0.05, 0.1) is 0 Å². The van der Waals surface area contributed by atoms with Gasteiger partial charge in [-0.25, -0.2) is 0 Å². The molecular formula is C14H22N2O2. The Kier molecular flexibility index (Phi) is 6.05. The first-order valence-corrected chi connectivity index (χ1v) is 6.32. The van der Waals surface area contributed by atoms with Crippen LogP contribution < -0.4 is 10.2 Å². The van der Waals surface area contributed by atoms with Crippen molar-refractivity contribution in [2.45, 2.75) is 25.7 Å². The average molecular weight is 250 g/mol. The molecule has 1 aromatic carbocycles. The third kappa shape index (κ3) is 5.57. The molecule has 0 atom stereocenters. The number of unbranched alkanes of at least 4 members (excludes halogenated alkanes) is 2. The second-order valence-corrected chi connectivity index (χ2v) is 4.57. The van der Waals surface area contributed by atoms with Gasteiger partial charge in [0.2, 0.25) is 0 Å². The minimum absolute atomic E-state index is 0.275. The van der Waals surface area contributed by atoms with Crippen LogP contribution in [0.25, 0.3) is 0 Å². The quantitative estimate of drug-likeness (QED) is 0.697. The summed E-state index contributed by atoms with van der Waals surface area (Å²) in [6.07, 6.45) is 2.99. The third-order valence-electron chi connectivity index (χ3n) is 2.78. The molecule has 4 nitrogen and oxygen atoms in total. The average Bonchev–Trinajstić information content (AvgIpc) is 2.34. The molecule has 0 aliphatic carbocycles. The van der Waals surface area contributed by atoms with Crippen LogP contribution in [0.4, 0.5) is 11.4 Å². The molecule has 0 aliphatic heterocycles. The summed E-state index contributed by atoms with van der Waals surface area (Å²) in [5.74, 6) is -0.706. The summed E-state index contributed by atoms with van der Waals surface area (Å²) in [5.41, 5.74) is 2.29. The molecule has 18 heavy (non-hydrogen) atoms. The minimum atomic E-state index is -0.706. The highest BCUT2D eigenvalue weighted by Gasteiger charge is 1.97. The molecule has 0 spiro atoms. The molecule has 100 valence electrons. The van der Waals surface area contributed by atoms with Gasteiger partial charge in [-0.3, -0.25) is 4.79 Å². The lowest BCUT2D eigenvalue weighted by Crippen LogP contribution is -2.08. The van der Waals surface area contributed by atoms with Crippen LogP contribution >= 0.6 is 0 Å². The lowest BCUT2D eigenvalue weighted by molar-refractivity contribution is -0.137. The zero-order chi connectivity index (χ0) is 13.4. The van der Waals surface area contributed by atoms with E-state index in [4.69, 9.17) is 5.11 Å². The van der Waals surface area contributed by atoms with E-state index in [1.165, 1.54) is 5.69 Å². The van der Waals surface area contributed by atoms with E-state index in [9.17, 15) is 4.79 Å². The molecule has 0 heterocycles. The summed E-state index contributed by atoms with van der Waals surface area (Å²) in [6, 6.07) is 8.28. The van der Waals surface area contributed by atoms with Crippen molar-refractivity contribution in [2.75, 3.05) is 30.9 Å². The van der Waals surface area contributed by atoms with Crippen LogP contribution in [0.5, 0.6) is 0 Å². The molecule has 0 aromatic heterocycles. The van der Waals surface area contributed by atoms with Crippen LogP contribution in [0.2, 0.25) is 0 Å². The Bertz CT molecular complexity index is 361. The molecule has 2 N–H and O–H groups in total. The van der Waals surface area contributed by atoms with Gasteiger partial charge in [-0.2, -0.15) is 0 Å². The second kappa shape index (κ2) is 7.58. The summed E-state index contributed by atoms with van der Waals surface area (Å²) < 4.78 is 0. The van der Waals surface area contributed by atoms with E-state index in [-0.39, 0.29) is 6.42 Å². The number of anilines is 2. The van der Waals surface area contributed by atoms with Gasteiger partial charge in [-0.05, 0) is 37.1 Å². The van der Waals surface area contributed by atoms with Crippen molar-refractivity contribution in [1.29, 1.82) is 0 Å². The van der Waals surface area contributed by atoms with Crippen molar-refractivity contribution in [3.8, 4) is 0 Å². The number of nitrogens with one attached hydrogen (secondary N) is 1. The smallest absolute Gasteiger partial charge is 0.303 e. The molecule has 4 heteroatoms. The van der Waals surface area contributed by atoms with Gasteiger partial charge in [-0.1, -0.05) is 6.42 Å². The maximum Gasteiger partial charge on any atom is 0.303 e. The fourth-order valence-corrected chi connectivity index (χ4v) is 1.69. The van der Waals surface area contributed by atoms with Crippen molar-refractivity contribution < 1.29 is 9.90 Å². The Morgan fingerprint density at radius 2 is 1.83 bits per heavy atom. The normalized spacial score (nSPS) is 10.1. The van der Waals surface area contributed by atoms with Crippen LogP contribution in [0.15, 0.2) is 24.3 Å². The predicted octanol–water partition coefficient (Wildman–Crippen LogP) is 2.81. The summed E-state index contributed by atoms with van der Waals surface area (Å²) in [5, 5.41) is 11.8. The van der Waals surface area contributed by atoms with Crippen LogP contribution in [-0.4, -0.2) is 31.7 Å². The van der Waals surface area contributed by atoms with E-state index in [1.807, 2.05) is 14.1 Å². The number of hydrogen-bond donors (Lipinski definition) is 2. The summed E-state index contributed by atoms with van der Waals surface area (Å²) in [6.45, 7) is 0.890. The van der Waals surface area contributed by atoms with Crippen molar-refractivity contribution in [1.82, 2.24) is 0 Å². The molecule has 0 amide bonds. The van der Waals surface area contributed by atoms with Gasteiger partial charge in [-0.15, -0.1) is 0 Å². The van der Waals surface area contributed by atoms with Gasteiger partial charge in [0, 0.05) is 38.4 Å². The Balaban J connectivity index is 2.17. The van der Waals surface area contributed by atoms with Crippen LogP contribution in [-0.2, 0) is 4.79 Å². The Morgan fingerprint density at radius 1 is 1.17 bits per heavy atom.